The Hall–Kier alpha value is -0.640. The molecule has 1 N–H and O–H groups in total. The average molecular weight is 257 g/mol. The molecule has 4 heteroatoms. The maximum absolute atomic E-state index is 13.7. The van der Waals surface area contributed by atoms with Crippen LogP contribution in [0.4, 0.5) is 4.39 Å². The molecule has 1 heterocycles. The molecule has 1 aromatic carbocycles. The van der Waals surface area contributed by atoms with E-state index in [0.717, 1.165) is 13.1 Å². The molecule has 2 unspecified atom stereocenters. The van der Waals surface area contributed by atoms with Gasteiger partial charge in [0.25, 0.3) is 0 Å². The smallest absolute Gasteiger partial charge is 0.129 e. The third-order valence-electron chi connectivity index (χ3n) is 3.08. The molecule has 2 atom stereocenters. The summed E-state index contributed by atoms with van der Waals surface area (Å²) in [5.41, 5.74) is 0.607. The summed E-state index contributed by atoms with van der Waals surface area (Å²) >= 11 is 6.04. The Balaban J connectivity index is 2.10. The molecule has 0 amide bonds. The van der Waals surface area contributed by atoms with Crippen molar-refractivity contribution in [3.05, 3.63) is 34.6 Å². The summed E-state index contributed by atoms with van der Waals surface area (Å²) in [6, 6.07) is 5.73. The van der Waals surface area contributed by atoms with Crippen LogP contribution in [0.5, 0.6) is 0 Å². The fourth-order valence-corrected chi connectivity index (χ4v) is 2.70. The highest BCUT2D eigenvalue weighted by Crippen LogP contribution is 2.21. The Morgan fingerprint density at radius 2 is 2.00 bits per heavy atom. The predicted molar refractivity (Wildman–Crippen MR) is 68.7 cm³/mol. The predicted octanol–water partition coefficient (Wildman–Crippen LogP) is 2.66. The average Bonchev–Trinajstić information content (AvgIpc) is 2.22. The van der Waals surface area contributed by atoms with Crippen molar-refractivity contribution in [2.24, 2.45) is 0 Å². The number of nitrogens with zero attached hydrogens (tertiary/aromatic N) is 1. The van der Waals surface area contributed by atoms with Crippen molar-refractivity contribution in [1.29, 1.82) is 0 Å². The van der Waals surface area contributed by atoms with E-state index >= 15 is 0 Å². The Morgan fingerprint density at radius 3 is 2.59 bits per heavy atom. The number of nitrogens with one attached hydrogen (secondary N) is 1. The standard InChI is InChI=1S/C13H18ClFN2/c1-9-6-17(7-10(2)16-9)8-11-12(14)4-3-5-13(11)15/h3-5,9-10,16H,6-8H2,1-2H3. The normalized spacial score (nSPS) is 26.1. The Kier molecular flexibility index (Phi) is 4.02. The molecule has 0 bridgehead atoms. The van der Waals surface area contributed by atoms with E-state index in [4.69, 9.17) is 11.6 Å². The van der Waals surface area contributed by atoms with Crippen molar-refractivity contribution in [2.45, 2.75) is 32.5 Å². The highest BCUT2D eigenvalue weighted by Gasteiger charge is 2.22. The second-order valence-electron chi connectivity index (χ2n) is 4.86. The third-order valence-corrected chi connectivity index (χ3v) is 3.43. The molecular weight excluding hydrogens is 239 g/mol. The Morgan fingerprint density at radius 1 is 1.35 bits per heavy atom. The van der Waals surface area contributed by atoms with Crippen LogP contribution in [0.15, 0.2) is 18.2 Å². The second kappa shape index (κ2) is 5.34. The first-order valence-corrected chi connectivity index (χ1v) is 6.35. The highest BCUT2D eigenvalue weighted by molar-refractivity contribution is 6.31. The molecule has 1 fully saturated rings. The number of halogens is 2. The van der Waals surface area contributed by atoms with Gasteiger partial charge in [-0.2, -0.15) is 0 Å². The molecule has 1 saturated heterocycles. The van der Waals surface area contributed by atoms with E-state index in [0.29, 0.717) is 29.2 Å². The molecule has 0 spiro atoms. The highest BCUT2D eigenvalue weighted by atomic mass is 35.5. The molecule has 2 nitrogen and oxygen atoms in total. The molecule has 1 aliphatic heterocycles. The van der Waals surface area contributed by atoms with Gasteiger partial charge in [0.15, 0.2) is 0 Å². The van der Waals surface area contributed by atoms with Crippen molar-refractivity contribution >= 4 is 11.6 Å². The third kappa shape index (κ3) is 3.18. The minimum Gasteiger partial charge on any atom is -0.309 e. The lowest BCUT2D eigenvalue weighted by Crippen LogP contribution is -2.53. The van der Waals surface area contributed by atoms with Gasteiger partial charge in [-0.15, -0.1) is 0 Å². The number of benzene rings is 1. The van der Waals surface area contributed by atoms with E-state index in [-0.39, 0.29) is 5.82 Å². The second-order valence-corrected chi connectivity index (χ2v) is 5.27. The molecule has 1 aromatic rings. The topological polar surface area (TPSA) is 15.3 Å². The lowest BCUT2D eigenvalue weighted by Gasteiger charge is -2.36. The van der Waals surface area contributed by atoms with Crippen molar-refractivity contribution in [1.82, 2.24) is 10.2 Å². The Labute approximate surface area is 107 Å². The van der Waals surface area contributed by atoms with Gasteiger partial charge in [0.1, 0.15) is 5.82 Å². The van der Waals surface area contributed by atoms with Gasteiger partial charge < -0.3 is 5.32 Å². The van der Waals surface area contributed by atoms with Gasteiger partial charge in [-0.25, -0.2) is 4.39 Å². The molecule has 0 aliphatic carbocycles. The number of hydrogen-bond acceptors (Lipinski definition) is 2. The molecule has 0 radical (unpaired) electrons. The first kappa shape index (κ1) is 12.8. The fraction of sp³-hybridized carbons (Fsp3) is 0.538. The molecule has 0 saturated carbocycles. The van der Waals surface area contributed by atoms with Crippen LogP contribution in [0.2, 0.25) is 5.02 Å². The van der Waals surface area contributed by atoms with Gasteiger partial charge in [-0.3, -0.25) is 4.90 Å². The molecule has 1 aliphatic rings. The van der Waals surface area contributed by atoms with Gasteiger partial charge in [0.2, 0.25) is 0 Å². The number of hydrogen-bond donors (Lipinski definition) is 1. The van der Waals surface area contributed by atoms with Gasteiger partial charge in [0, 0.05) is 42.3 Å². The summed E-state index contributed by atoms with van der Waals surface area (Å²) < 4.78 is 13.7. The van der Waals surface area contributed by atoms with Crippen LogP contribution < -0.4 is 5.32 Å². The summed E-state index contributed by atoms with van der Waals surface area (Å²) in [4.78, 5) is 2.25. The first-order valence-electron chi connectivity index (χ1n) is 5.97. The van der Waals surface area contributed by atoms with Gasteiger partial charge >= 0.3 is 0 Å². The Bertz CT molecular complexity index is 367. The summed E-state index contributed by atoms with van der Waals surface area (Å²) in [6.07, 6.45) is 0. The van der Waals surface area contributed by atoms with E-state index < -0.39 is 0 Å². The lowest BCUT2D eigenvalue weighted by atomic mass is 10.1. The van der Waals surface area contributed by atoms with Crippen LogP contribution in [0.1, 0.15) is 19.4 Å². The van der Waals surface area contributed by atoms with Gasteiger partial charge in [-0.05, 0) is 26.0 Å². The minimum absolute atomic E-state index is 0.212. The minimum atomic E-state index is -0.212. The van der Waals surface area contributed by atoms with Crippen LogP contribution in [-0.4, -0.2) is 30.1 Å². The van der Waals surface area contributed by atoms with Gasteiger partial charge in [-0.1, -0.05) is 17.7 Å². The lowest BCUT2D eigenvalue weighted by molar-refractivity contribution is 0.165. The van der Waals surface area contributed by atoms with Crippen LogP contribution in [0, 0.1) is 5.82 Å². The van der Waals surface area contributed by atoms with E-state index in [9.17, 15) is 4.39 Å². The quantitative estimate of drug-likeness (QED) is 0.875. The zero-order valence-electron chi connectivity index (χ0n) is 10.2. The maximum atomic E-state index is 13.7. The zero-order chi connectivity index (χ0) is 12.4. The van der Waals surface area contributed by atoms with Crippen LogP contribution in [-0.2, 0) is 6.54 Å². The van der Waals surface area contributed by atoms with Gasteiger partial charge in [0.05, 0.1) is 0 Å². The fourth-order valence-electron chi connectivity index (χ4n) is 2.48. The van der Waals surface area contributed by atoms with E-state index in [1.807, 2.05) is 0 Å². The number of piperazine rings is 1. The first-order chi connectivity index (χ1) is 8.06. The van der Waals surface area contributed by atoms with Crippen LogP contribution >= 0.6 is 11.6 Å². The van der Waals surface area contributed by atoms with Crippen molar-refractivity contribution in [2.75, 3.05) is 13.1 Å². The molecule has 2 rings (SSSR count). The van der Waals surface area contributed by atoms with Crippen molar-refractivity contribution in [3.63, 3.8) is 0 Å². The summed E-state index contributed by atoms with van der Waals surface area (Å²) in [5.74, 6) is -0.212. The monoisotopic (exact) mass is 256 g/mol. The van der Waals surface area contributed by atoms with Crippen LogP contribution in [0.3, 0.4) is 0 Å². The largest absolute Gasteiger partial charge is 0.309 e. The van der Waals surface area contributed by atoms with E-state index in [1.54, 1.807) is 12.1 Å². The SMILES string of the molecule is CC1CN(Cc2c(F)cccc2Cl)CC(C)N1. The molecule has 0 aromatic heterocycles. The van der Waals surface area contributed by atoms with Crippen LogP contribution in [0.25, 0.3) is 0 Å². The van der Waals surface area contributed by atoms with Crippen molar-refractivity contribution in [3.8, 4) is 0 Å². The summed E-state index contributed by atoms with van der Waals surface area (Å²) in [5, 5.41) is 3.97. The molecule has 17 heavy (non-hydrogen) atoms. The number of rotatable bonds is 2. The zero-order valence-corrected chi connectivity index (χ0v) is 11.0. The van der Waals surface area contributed by atoms with E-state index in [2.05, 4.69) is 24.1 Å². The maximum Gasteiger partial charge on any atom is 0.129 e. The van der Waals surface area contributed by atoms with Crippen molar-refractivity contribution < 1.29 is 4.39 Å². The molecular formula is C13H18ClFN2. The summed E-state index contributed by atoms with van der Waals surface area (Å²) in [7, 11) is 0. The summed E-state index contributed by atoms with van der Waals surface area (Å²) in [6.45, 7) is 6.73. The van der Waals surface area contributed by atoms with E-state index in [1.165, 1.54) is 6.07 Å². The molecule has 94 valence electrons.